The summed E-state index contributed by atoms with van der Waals surface area (Å²) < 4.78 is 4.65. The Morgan fingerprint density at radius 1 is 1.29 bits per heavy atom. The van der Waals surface area contributed by atoms with Gasteiger partial charge in [-0.05, 0) is 26.0 Å². The maximum atomic E-state index is 12.2. The predicted octanol–water partition coefficient (Wildman–Crippen LogP) is 1.50. The number of nitrogens with one attached hydrogen (secondary N) is 1. The largest absolute Gasteiger partial charge is 0.467 e. The first kappa shape index (κ1) is 14.8. The smallest absolute Gasteiger partial charge is 0.330 e. The summed E-state index contributed by atoms with van der Waals surface area (Å²) in [4.78, 5) is 28.1. The van der Waals surface area contributed by atoms with E-state index in [0.717, 1.165) is 5.39 Å². The number of anilines is 1. The Labute approximate surface area is 122 Å². The van der Waals surface area contributed by atoms with Gasteiger partial charge in [0.25, 0.3) is 5.91 Å². The van der Waals surface area contributed by atoms with Crippen LogP contribution >= 0.6 is 0 Å². The Morgan fingerprint density at radius 2 is 1.95 bits per heavy atom. The third-order valence-electron chi connectivity index (χ3n) is 3.10. The highest BCUT2D eigenvalue weighted by molar-refractivity contribution is 6.01. The predicted molar refractivity (Wildman–Crippen MR) is 79.7 cm³/mol. The molecule has 0 aliphatic heterocycles. The van der Waals surface area contributed by atoms with E-state index in [1.54, 1.807) is 19.9 Å². The minimum atomic E-state index is -1.14. The number of esters is 1. The van der Waals surface area contributed by atoms with E-state index >= 15 is 0 Å². The van der Waals surface area contributed by atoms with Crippen LogP contribution in [0, 0.1) is 0 Å². The van der Waals surface area contributed by atoms with Gasteiger partial charge in [-0.15, -0.1) is 0 Å². The molecule has 1 heterocycles. The van der Waals surface area contributed by atoms with Gasteiger partial charge in [0.1, 0.15) is 11.2 Å². The number of hydrogen-bond acceptors (Lipinski definition) is 5. The first-order valence-electron chi connectivity index (χ1n) is 6.41. The van der Waals surface area contributed by atoms with Gasteiger partial charge in [0.2, 0.25) is 0 Å². The fourth-order valence-corrected chi connectivity index (χ4v) is 1.97. The monoisotopic (exact) mass is 287 g/mol. The number of para-hydroxylation sites is 1. The number of nitrogens with zero attached hydrogens (tertiary/aromatic N) is 1. The summed E-state index contributed by atoms with van der Waals surface area (Å²) in [6, 6.07) is 8.76. The Hall–Kier alpha value is -2.63. The van der Waals surface area contributed by atoms with Gasteiger partial charge in [-0.3, -0.25) is 4.79 Å². The molecule has 110 valence electrons. The highest BCUT2D eigenvalue weighted by Crippen LogP contribution is 2.20. The molecule has 0 radical (unpaired) electrons. The lowest BCUT2D eigenvalue weighted by atomic mass is 10.1. The SMILES string of the molecule is COC(=O)C(C)(C)NC(=O)c1cc(N)c2ccccc2n1. The van der Waals surface area contributed by atoms with Crippen LogP contribution in [-0.2, 0) is 9.53 Å². The number of carbonyl (C=O) groups excluding carboxylic acids is 2. The van der Waals surface area contributed by atoms with Gasteiger partial charge in [0, 0.05) is 11.1 Å². The topological polar surface area (TPSA) is 94.3 Å². The third-order valence-corrected chi connectivity index (χ3v) is 3.10. The van der Waals surface area contributed by atoms with Crippen molar-refractivity contribution in [3.63, 3.8) is 0 Å². The molecule has 1 aromatic carbocycles. The van der Waals surface area contributed by atoms with Gasteiger partial charge in [0.05, 0.1) is 12.6 Å². The van der Waals surface area contributed by atoms with Crippen LogP contribution in [0.3, 0.4) is 0 Å². The van der Waals surface area contributed by atoms with Crippen LogP contribution < -0.4 is 11.1 Å². The average molecular weight is 287 g/mol. The Morgan fingerprint density at radius 3 is 2.62 bits per heavy atom. The lowest BCUT2D eigenvalue weighted by Gasteiger charge is -2.22. The van der Waals surface area contributed by atoms with Crippen molar-refractivity contribution < 1.29 is 14.3 Å². The molecule has 1 amide bonds. The number of pyridine rings is 1. The summed E-state index contributed by atoms with van der Waals surface area (Å²) in [7, 11) is 1.27. The van der Waals surface area contributed by atoms with Crippen molar-refractivity contribution in [3.05, 3.63) is 36.0 Å². The number of benzene rings is 1. The minimum absolute atomic E-state index is 0.156. The van der Waals surface area contributed by atoms with Crippen LogP contribution in [0.5, 0.6) is 0 Å². The summed E-state index contributed by atoms with van der Waals surface area (Å²) in [5.74, 6) is -1.02. The molecule has 0 saturated heterocycles. The molecule has 0 atom stereocenters. The number of ether oxygens (including phenoxy) is 1. The standard InChI is InChI=1S/C15H17N3O3/c1-15(2,14(20)21-3)18-13(19)12-8-10(16)9-6-4-5-7-11(9)17-12/h4-8H,1-3H3,(H2,16,17)(H,18,19). The maximum Gasteiger partial charge on any atom is 0.330 e. The zero-order valence-electron chi connectivity index (χ0n) is 12.1. The summed E-state index contributed by atoms with van der Waals surface area (Å²) in [6.07, 6.45) is 0. The molecular weight excluding hydrogens is 270 g/mol. The maximum absolute atomic E-state index is 12.2. The van der Waals surface area contributed by atoms with E-state index in [0.29, 0.717) is 11.2 Å². The van der Waals surface area contributed by atoms with Gasteiger partial charge in [-0.1, -0.05) is 18.2 Å². The average Bonchev–Trinajstić information content (AvgIpc) is 2.45. The molecule has 0 bridgehead atoms. The second-order valence-electron chi connectivity index (χ2n) is 5.18. The molecule has 0 saturated carbocycles. The van der Waals surface area contributed by atoms with Crippen molar-refractivity contribution in [1.29, 1.82) is 0 Å². The molecule has 3 N–H and O–H groups in total. The Bertz CT molecular complexity index is 710. The van der Waals surface area contributed by atoms with Crippen LogP contribution in [0.15, 0.2) is 30.3 Å². The van der Waals surface area contributed by atoms with Gasteiger partial charge < -0.3 is 15.8 Å². The molecule has 2 rings (SSSR count). The van der Waals surface area contributed by atoms with Crippen molar-refractivity contribution >= 4 is 28.5 Å². The minimum Gasteiger partial charge on any atom is -0.467 e. The van der Waals surface area contributed by atoms with E-state index in [1.165, 1.54) is 13.2 Å². The second kappa shape index (κ2) is 5.40. The molecule has 1 aromatic heterocycles. The molecule has 0 spiro atoms. The summed E-state index contributed by atoms with van der Waals surface area (Å²) in [5, 5.41) is 3.36. The van der Waals surface area contributed by atoms with Gasteiger partial charge >= 0.3 is 5.97 Å². The molecule has 21 heavy (non-hydrogen) atoms. The molecule has 0 unspecified atom stereocenters. The van der Waals surface area contributed by atoms with E-state index in [9.17, 15) is 9.59 Å². The Balaban J connectivity index is 2.34. The van der Waals surface area contributed by atoms with Crippen molar-refractivity contribution in [2.75, 3.05) is 12.8 Å². The van der Waals surface area contributed by atoms with E-state index in [-0.39, 0.29) is 5.69 Å². The number of nitrogens with two attached hydrogens (primary N) is 1. The molecule has 2 aromatic rings. The van der Waals surface area contributed by atoms with E-state index in [4.69, 9.17) is 5.73 Å². The van der Waals surface area contributed by atoms with Crippen molar-refractivity contribution in [3.8, 4) is 0 Å². The molecule has 0 aliphatic rings. The van der Waals surface area contributed by atoms with Gasteiger partial charge in [-0.25, -0.2) is 9.78 Å². The lowest BCUT2D eigenvalue weighted by molar-refractivity contribution is -0.146. The van der Waals surface area contributed by atoms with Gasteiger partial charge in [0.15, 0.2) is 0 Å². The number of carbonyl (C=O) groups is 2. The normalized spacial score (nSPS) is 11.2. The highest BCUT2D eigenvalue weighted by Gasteiger charge is 2.31. The molecule has 6 nitrogen and oxygen atoms in total. The lowest BCUT2D eigenvalue weighted by Crippen LogP contribution is -2.50. The van der Waals surface area contributed by atoms with E-state index in [1.807, 2.05) is 18.2 Å². The highest BCUT2D eigenvalue weighted by atomic mass is 16.5. The fourth-order valence-electron chi connectivity index (χ4n) is 1.97. The van der Waals surface area contributed by atoms with E-state index < -0.39 is 17.4 Å². The van der Waals surface area contributed by atoms with Crippen molar-refractivity contribution in [2.24, 2.45) is 0 Å². The van der Waals surface area contributed by atoms with Crippen LogP contribution in [-0.4, -0.2) is 29.5 Å². The number of amides is 1. The number of fused-ring (bicyclic) bond motifs is 1. The summed E-state index contributed by atoms with van der Waals surface area (Å²) in [5.41, 5.74) is 6.03. The van der Waals surface area contributed by atoms with Crippen molar-refractivity contribution in [1.82, 2.24) is 10.3 Å². The van der Waals surface area contributed by atoms with Crippen LogP contribution in [0.1, 0.15) is 24.3 Å². The van der Waals surface area contributed by atoms with Crippen molar-refractivity contribution in [2.45, 2.75) is 19.4 Å². The third kappa shape index (κ3) is 2.94. The molecule has 0 aliphatic carbocycles. The molecular formula is C15H17N3O3. The van der Waals surface area contributed by atoms with Crippen LogP contribution in [0.25, 0.3) is 10.9 Å². The zero-order chi connectivity index (χ0) is 15.6. The number of rotatable bonds is 3. The van der Waals surface area contributed by atoms with E-state index in [2.05, 4.69) is 15.0 Å². The Kier molecular flexibility index (Phi) is 3.80. The quantitative estimate of drug-likeness (QED) is 0.834. The number of methoxy groups -OCH3 is 1. The number of aromatic nitrogens is 1. The van der Waals surface area contributed by atoms with Gasteiger partial charge in [-0.2, -0.15) is 0 Å². The second-order valence-corrected chi connectivity index (χ2v) is 5.18. The fraction of sp³-hybridized carbons (Fsp3) is 0.267. The first-order valence-corrected chi connectivity index (χ1v) is 6.41. The zero-order valence-corrected chi connectivity index (χ0v) is 12.1. The van der Waals surface area contributed by atoms with Crippen LogP contribution in [0.2, 0.25) is 0 Å². The summed E-state index contributed by atoms with van der Waals surface area (Å²) >= 11 is 0. The molecule has 6 heteroatoms. The molecule has 0 fully saturated rings. The van der Waals surface area contributed by atoms with Crippen LogP contribution in [0.4, 0.5) is 5.69 Å². The summed E-state index contributed by atoms with van der Waals surface area (Å²) in [6.45, 7) is 3.11. The number of nitrogen functional groups attached to an aromatic ring is 1. The number of hydrogen-bond donors (Lipinski definition) is 2. The first-order chi connectivity index (χ1) is 9.85.